The molecule has 1 rings (SSSR count). The molecule has 0 aliphatic rings. The lowest BCUT2D eigenvalue weighted by Gasteiger charge is -2.12. The molecule has 4 heteroatoms. The molecule has 0 saturated carbocycles. The third kappa shape index (κ3) is 4.61. The van der Waals surface area contributed by atoms with Crippen LogP contribution in [0.15, 0.2) is 12.1 Å². The van der Waals surface area contributed by atoms with Crippen molar-refractivity contribution in [3.63, 3.8) is 0 Å². The second-order valence-electron chi connectivity index (χ2n) is 4.31. The number of ether oxygens (including phenoxy) is 1. The Labute approximate surface area is 103 Å². The first-order chi connectivity index (χ1) is 8.17. The molecule has 0 aromatic carbocycles. The van der Waals surface area contributed by atoms with Crippen molar-refractivity contribution in [2.45, 2.75) is 45.7 Å². The largest absolute Gasteiger partial charge is 0.464 e. The average molecular weight is 238 g/mol. The molecule has 4 nitrogen and oxygen atoms in total. The van der Waals surface area contributed by atoms with Crippen molar-refractivity contribution in [2.24, 2.45) is 0 Å². The van der Waals surface area contributed by atoms with Crippen LogP contribution < -0.4 is 5.32 Å². The van der Waals surface area contributed by atoms with Gasteiger partial charge in [0.2, 0.25) is 0 Å². The zero-order valence-electron chi connectivity index (χ0n) is 10.9. The Bertz CT molecular complexity index is 347. The van der Waals surface area contributed by atoms with Gasteiger partial charge in [-0.25, -0.2) is 4.79 Å². The van der Waals surface area contributed by atoms with E-state index in [2.05, 4.69) is 28.9 Å². The number of rotatable bonds is 7. The van der Waals surface area contributed by atoms with E-state index in [1.807, 2.05) is 6.07 Å². The van der Waals surface area contributed by atoms with Crippen LogP contribution >= 0.6 is 0 Å². The van der Waals surface area contributed by atoms with E-state index in [9.17, 15) is 4.79 Å². The molecule has 1 heterocycles. The van der Waals surface area contributed by atoms with E-state index in [1.54, 1.807) is 6.07 Å². The van der Waals surface area contributed by atoms with E-state index in [-0.39, 0.29) is 5.97 Å². The van der Waals surface area contributed by atoms with Crippen LogP contribution in [0.3, 0.4) is 0 Å². The Morgan fingerprint density at radius 1 is 1.53 bits per heavy atom. The van der Waals surface area contributed by atoms with Gasteiger partial charge in [-0.2, -0.15) is 0 Å². The van der Waals surface area contributed by atoms with Crippen LogP contribution in [-0.2, 0) is 11.3 Å². The van der Waals surface area contributed by atoms with Crippen LogP contribution in [0.5, 0.6) is 0 Å². The number of unbranched alkanes of at least 4 members (excludes halogenated alkanes) is 1. The first-order valence-electron chi connectivity index (χ1n) is 6.17. The Morgan fingerprint density at radius 3 is 2.94 bits per heavy atom. The molecule has 0 saturated heterocycles. The molecular weight excluding hydrogens is 216 g/mol. The van der Waals surface area contributed by atoms with Gasteiger partial charge in [0.05, 0.1) is 7.11 Å². The topological polar surface area (TPSA) is 54.1 Å². The summed E-state index contributed by atoms with van der Waals surface area (Å²) in [6.45, 7) is 5.13. The number of hydrogen-bond acceptors (Lipinski definition) is 3. The van der Waals surface area contributed by atoms with Gasteiger partial charge in [-0.15, -0.1) is 0 Å². The molecule has 1 atom stereocenters. The van der Waals surface area contributed by atoms with Gasteiger partial charge in [0.25, 0.3) is 0 Å². The molecule has 96 valence electrons. The normalized spacial score (nSPS) is 12.4. The standard InChI is InChI=1S/C13H22N2O2/c1-4-5-6-10(2)14-9-11-7-8-12(15-11)13(16)17-3/h7-8,10,14-15H,4-6,9H2,1-3H3. The van der Waals surface area contributed by atoms with Gasteiger partial charge < -0.3 is 15.0 Å². The molecule has 0 amide bonds. The Kier molecular flexibility index (Phi) is 5.77. The summed E-state index contributed by atoms with van der Waals surface area (Å²) in [7, 11) is 1.38. The van der Waals surface area contributed by atoms with E-state index < -0.39 is 0 Å². The monoisotopic (exact) mass is 238 g/mol. The van der Waals surface area contributed by atoms with Crippen molar-refractivity contribution >= 4 is 5.97 Å². The summed E-state index contributed by atoms with van der Waals surface area (Å²) in [5.41, 5.74) is 1.51. The molecule has 0 fully saturated rings. The van der Waals surface area contributed by atoms with Crippen molar-refractivity contribution < 1.29 is 9.53 Å². The van der Waals surface area contributed by atoms with Crippen molar-refractivity contribution in [3.8, 4) is 0 Å². The predicted molar refractivity (Wildman–Crippen MR) is 68.0 cm³/mol. The van der Waals surface area contributed by atoms with E-state index >= 15 is 0 Å². The van der Waals surface area contributed by atoms with Crippen molar-refractivity contribution in [3.05, 3.63) is 23.5 Å². The first kappa shape index (κ1) is 13.8. The molecule has 0 aliphatic heterocycles. The summed E-state index contributed by atoms with van der Waals surface area (Å²) >= 11 is 0. The number of aromatic amines is 1. The van der Waals surface area contributed by atoms with E-state index in [0.29, 0.717) is 11.7 Å². The highest BCUT2D eigenvalue weighted by Crippen LogP contribution is 2.05. The number of esters is 1. The number of hydrogen-bond donors (Lipinski definition) is 2. The fourth-order valence-corrected chi connectivity index (χ4v) is 1.67. The lowest BCUT2D eigenvalue weighted by molar-refractivity contribution is 0.0594. The maximum atomic E-state index is 11.2. The van der Waals surface area contributed by atoms with Crippen LogP contribution in [0.2, 0.25) is 0 Å². The van der Waals surface area contributed by atoms with E-state index in [4.69, 9.17) is 0 Å². The molecular formula is C13H22N2O2. The van der Waals surface area contributed by atoms with Gasteiger partial charge in [-0.1, -0.05) is 19.8 Å². The number of methoxy groups -OCH3 is 1. The Balaban J connectivity index is 2.36. The number of nitrogens with one attached hydrogen (secondary N) is 2. The second-order valence-corrected chi connectivity index (χ2v) is 4.31. The summed E-state index contributed by atoms with van der Waals surface area (Å²) in [5.74, 6) is -0.324. The molecule has 1 unspecified atom stereocenters. The molecule has 1 aromatic heterocycles. The molecule has 0 radical (unpaired) electrons. The van der Waals surface area contributed by atoms with Gasteiger partial charge in [0.15, 0.2) is 0 Å². The van der Waals surface area contributed by atoms with Gasteiger partial charge >= 0.3 is 5.97 Å². The van der Waals surface area contributed by atoms with Crippen molar-refractivity contribution in [1.29, 1.82) is 0 Å². The van der Waals surface area contributed by atoms with Crippen LogP contribution in [0.25, 0.3) is 0 Å². The zero-order valence-corrected chi connectivity index (χ0v) is 10.9. The predicted octanol–water partition coefficient (Wildman–Crippen LogP) is 2.47. The molecule has 1 aromatic rings. The molecule has 0 spiro atoms. The molecule has 0 bridgehead atoms. The fraction of sp³-hybridized carbons (Fsp3) is 0.615. The second kappa shape index (κ2) is 7.12. The highest BCUT2D eigenvalue weighted by molar-refractivity contribution is 5.87. The van der Waals surface area contributed by atoms with Gasteiger partial charge in [0.1, 0.15) is 5.69 Å². The maximum Gasteiger partial charge on any atom is 0.354 e. The SMILES string of the molecule is CCCCC(C)NCc1ccc(C(=O)OC)[nH]1. The highest BCUT2D eigenvalue weighted by Gasteiger charge is 2.08. The summed E-state index contributed by atoms with van der Waals surface area (Å²) in [6.07, 6.45) is 3.65. The first-order valence-corrected chi connectivity index (χ1v) is 6.17. The number of H-pyrrole nitrogens is 1. The van der Waals surface area contributed by atoms with Crippen LogP contribution in [0, 0.1) is 0 Å². The maximum absolute atomic E-state index is 11.2. The number of carbonyl (C=O) groups is 1. The summed E-state index contributed by atoms with van der Waals surface area (Å²) < 4.78 is 4.64. The summed E-state index contributed by atoms with van der Waals surface area (Å²) in [6, 6.07) is 4.16. The number of aromatic nitrogens is 1. The Morgan fingerprint density at radius 2 is 2.29 bits per heavy atom. The average Bonchev–Trinajstić information content (AvgIpc) is 2.81. The van der Waals surface area contributed by atoms with Crippen molar-refractivity contribution in [1.82, 2.24) is 10.3 Å². The lowest BCUT2D eigenvalue weighted by atomic mass is 10.1. The third-order valence-electron chi connectivity index (χ3n) is 2.78. The van der Waals surface area contributed by atoms with E-state index in [1.165, 1.54) is 26.4 Å². The fourth-order valence-electron chi connectivity index (χ4n) is 1.67. The summed E-state index contributed by atoms with van der Waals surface area (Å²) in [5, 5.41) is 3.42. The Hall–Kier alpha value is -1.29. The van der Waals surface area contributed by atoms with Crippen LogP contribution in [0.4, 0.5) is 0 Å². The lowest BCUT2D eigenvalue weighted by Crippen LogP contribution is -2.25. The quantitative estimate of drug-likeness (QED) is 0.717. The minimum Gasteiger partial charge on any atom is -0.464 e. The van der Waals surface area contributed by atoms with Gasteiger partial charge in [-0.05, 0) is 25.5 Å². The number of carbonyl (C=O) groups excluding carboxylic acids is 1. The molecule has 0 aliphatic carbocycles. The van der Waals surface area contributed by atoms with Crippen LogP contribution in [0.1, 0.15) is 49.3 Å². The third-order valence-corrected chi connectivity index (χ3v) is 2.78. The van der Waals surface area contributed by atoms with Gasteiger partial charge in [-0.3, -0.25) is 0 Å². The molecule has 17 heavy (non-hydrogen) atoms. The summed E-state index contributed by atoms with van der Waals surface area (Å²) in [4.78, 5) is 14.3. The van der Waals surface area contributed by atoms with E-state index in [0.717, 1.165) is 12.2 Å². The molecule has 2 N–H and O–H groups in total. The highest BCUT2D eigenvalue weighted by atomic mass is 16.5. The zero-order chi connectivity index (χ0) is 12.7. The van der Waals surface area contributed by atoms with Gasteiger partial charge in [0, 0.05) is 18.3 Å². The van der Waals surface area contributed by atoms with Crippen LogP contribution in [-0.4, -0.2) is 24.1 Å². The minimum absolute atomic E-state index is 0.324. The minimum atomic E-state index is -0.324. The van der Waals surface area contributed by atoms with Crippen molar-refractivity contribution in [2.75, 3.05) is 7.11 Å². The smallest absolute Gasteiger partial charge is 0.354 e.